The molecule has 0 saturated carbocycles. The topological polar surface area (TPSA) is 102 Å². The summed E-state index contributed by atoms with van der Waals surface area (Å²) in [5.74, 6) is -0.764. The van der Waals surface area contributed by atoms with Gasteiger partial charge in [0, 0.05) is 28.9 Å². The molecule has 9 heteroatoms. The molecule has 3 N–H and O–H groups in total. The molecule has 1 aliphatic heterocycles. The van der Waals surface area contributed by atoms with Crippen LogP contribution in [-0.2, 0) is 27.3 Å². The van der Waals surface area contributed by atoms with Crippen molar-refractivity contribution in [3.8, 4) is 0 Å². The van der Waals surface area contributed by atoms with Gasteiger partial charge >= 0.3 is 5.97 Å². The minimum Gasteiger partial charge on any atom is -0.465 e. The molecule has 2 heterocycles. The van der Waals surface area contributed by atoms with Crippen molar-refractivity contribution in [2.75, 3.05) is 24.7 Å². The number of hydrogen-bond acceptors (Lipinski definition) is 7. The van der Waals surface area contributed by atoms with E-state index in [1.165, 1.54) is 37.1 Å². The summed E-state index contributed by atoms with van der Waals surface area (Å²) in [5.41, 5.74) is 8.52. The van der Waals surface area contributed by atoms with Crippen molar-refractivity contribution in [1.29, 1.82) is 0 Å². The quantitative estimate of drug-likeness (QED) is 0.297. The highest BCUT2D eigenvalue weighted by Crippen LogP contribution is 2.41. The van der Waals surface area contributed by atoms with Crippen molar-refractivity contribution < 1.29 is 19.1 Å². The van der Waals surface area contributed by atoms with Gasteiger partial charge in [0.1, 0.15) is 10.3 Å². The number of ether oxygens (including phenoxy) is 1. The number of hydrogen-bond donors (Lipinski definition) is 2. The van der Waals surface area contributed by atoms with Gasteiger partial charge in [0.15, 0.2) is 0 Å². The third-order valence-electron chi connectivity index (χ3n) is 5.60. The van der Waals surface area contributed by atoms with Crippen molar-refractivity contribution in [1.82, 2.24) is 4.90 Å². The Balaban J connectivity index is 1.66. The number of nitrogens with zero attached hydrogens (tertiary/aromatic N) is 1. The summed E-state index contributed by atoms with van der Waals surface area (Å²) in [7, 11) is 1.33. The van der Waals surface area contributed by atoms with Gasteiger partial charge in [-0.05, 0) is 41.8 Å². The molecule has 0 bridgehead atoms. The Labute approximate surface area is 206 Å². The first-order valence-electron chi connectivity index (χ1n) is 10.7. The number of fused-ring (bicyclic) bond motifs is 1. The first-order valence-corrected chi connectivity index (χ1v) is 12.4. The summed E-state index contributed by atoms with van der Waals surface area (Å²) in [6.45, 7) is 2.47. The molecule has 0 saturated heterocycles. The van der Waals surface area contributed by atoms with Gasteiger partial charge in [-0.3, -0.25) is 9.59 Å². The molecule has 34 heavy (non-hydrogen) atoms. The number of nitrogen functional groups attached to an aromatic ring is 1. The number of thioether (sulfide) groups is 1. The predicted molar refractivity (Wildman–Crippen MR) is 135 cm³/mol. The zero-order valence-corrected chi connectivity index (χ0v) is 20.5. The van der Waals surface area contributed by atoms with Crippen LogP contribution in [0.5, 0.6) is 0 Å². The minimum absolute atomic E-state index is 0.0201. The van der Waals surface area contributed by atoms with Crippen molar-refractivity contribution in [2.45, 2.75) is 30.0 Å². The highest BCUT2D eigenvalue weighted by molar-refractivity contribution is 8.00. The first kappa shape index (κ1) is 23.8. The number of anilines is 2. The molecule has 1 aromatic heterocycles. The van der Waals surface area contributed by atoms with Crippen LogP contribution in [0.15, 0.2) is 59.5 Å². The SMILES string of the molecule is COC(=O)c1c(NC(=O)C(Sc2ccc(N)cc2)c2ccccc2)sc2c1CCN(C(C)=O)C2. The maximum atomic E-state index is 13.6. The highest BCUT2D eigenvalue weighted by atomic mass is 32.2. The normalized spacial score (nSPS) is 13.6. The van der Waals surface area contributed by atoms with Crippen LogP contribution >= 0.6 is 23.1 Å². The summed E-state index contributed by atoms with van der Waals surface area (Å²) < 4.78 is 5.03. The largest absolute Gasteiger partial charge is 0.465 e. The maximum Gasteiger partial charge on any atom is 0.341 e. The van der Waals surface area contributed by atoms with E-state index in [2.05, 4.69) is 5.32 Å². The van der Waals surface area contributed by atoms with Gasteiger partial charge in [-0.1, -0.05) is 30.3 Å². The van der Waals surface area contributed by atoms with Crippen LogP contribution in [0.3, 0.4) is 0 Å². The number of nitrogens with two attached hydrogens (primary N) is 1. The van der Waals surface area contributed by atoms with Crippen molar-refractivity contribution >= 4 is 51.6 Å². The average molecular weight is 496 g/mol. The lowest BCUT2D eigenvalue weighted by Gasteiger charge is -2.25. The van der Waals surface area contributed by atoms with Crippen molar-refractivity contribution in [2.24, 2.45) is 0 Å². The van der Waals surface area contributed by atoms with E-state index >= 15 is 0 Å². The van der Waals surface area contributed by atoms with Crippen LogP contribution in [0.4, 0.5) is 10.7 Å². The van der Waals surface area contributed by atoms with Gasteiger partial charge in [-0.2, -0.15) is 0 Å². The number of rotatable bonds is 6. The Kier molecular flexibility index (Phi) is 7.23. The second-order valence-electron chi connectivity index (χ2n) is 7.86. The van der Waals surface area contributed by atoms with E-state index in [0.717, 1.165) is 20.9 Å². The Morgan fingerprint density at radius 1 is 1.12 bits per heavy atom. The second kappa shape index (κ2) is 10.3. The molecule has 4 rings (SSSR count). The number of methoxy groups -OCH3 is 1. The van der Waals surface area contributed by atoms with E-state index in [0.29, 0.717) is 35.8 Å². The molecule has 1 aliphatic rings. The van der Waals surface area contributed by atoms with Gasteiger partial charge < -0.3 is 20.7 Å². The zero-order valence-electron chi connectivity index (χ0n) is 18.9. The van der Waals surface area contributed by atoms with Gasteiger partial charge in [0.2, 0.25) is 11.8 Å². The number of thiophene rings is 1. The number of amides is 2. The third kappa shape index (κ3) is 5.10. The molecule has 0 spiro atoms. The fourth-order valence-electron chi connectivity index (χ4n) is 3.84. The molecule has 7 nitrogen and oxygen atoms in total. The van der Waals surface area contributed by atoms with Crippen molar-refractivity contribution in [3.05, 3.63) is 76.2 Å². The number of esters is 1. The average Bonchev–Trinajstić information content (AvgIpc) is 3.20. The summed E-state index contributed by atoms with van der Waals surface area (Å²) in [5, 5.41) is 2.88. The van der Waals surface area contributed by atoms with E-state index in [-0.39, 0.29) is 11.8 Å². The first-order chi connectivity index (χ1) is 16.4. The molecule has 0 fully saturated rings. The van der Waals surface area contributed by atoms with Gasteiger partial charge in [0.05, 0.1) is 19.2 Å². The zero-order chi connectivity index (χ0) is 24.2. The predicted octanol–water partition coefficient (Wildman–Crippen LogP) is 4.49. The molecular formula is C25H25N3O4S2. The fraction of sp³-hybridized carbons (Fsp3) is 0.240. The Morgan fingerprint density at radius 2 is 1.82 bits per heavy atom. The molecular weight excluding hydrogens is 470 g/mol. The van der Waals surface area contributed by atoms with Gasteiger partial charge in [0.25, 0.3) is 0 Å². The molecule has 0 aliphatic carbocycles. The lowest BCUT2D eigenvalue weighted by molar-refractivity contribution is -0.129. The fourth-order valence-corrected chi connectivity index (χ4v) is 6.12. The molecule has 3 aromatic rings. The Morgan fingerprint density at radius 3 is 2.47 bits per heavy atom. The Bertz CT molecular complexity index is 1210. The molecule has 1 atom stereocenters. The van der Waals surface area contributed by atoms with E-state index in [1.807, 2.05) is 42.5 Å². The van der Waals surface area contributed by atoms with Gasteiger partial charge in [-0.25, -0.2) is 4.79 Å². The molecule has 0 radical (unpaired) electrons. The van der Waals surface area contributed by atoms with Crippen LogP contribution in [0.1, 0.15) is 38.5 Å². The van der Waals surface area contributed by atoms with Crippen LogP contribution in [0.25, 0.3) is 0 Å². The number of carbonyl (C=O) groups excluding carboxylic acids is 3. The minimum atomic E-state index is -0.553. The lowest BCUT2D eigenvalue weighted by atomic mass is 10.0. The summed E-state index contributed by atoms with van der Waals surface area (Å²) in [6.07, 6.45) is 0.536. The van der Waals surface area contributed by atoms with E-state index in [1.54, 1.807) is 17.0 Å². The third-order valence-corrected chi connectivity index (χ3v) is 8.00. The van der Waals surface area contributed by atoms with E-state index in [4.69, 9.17) is 10.5 Å². The summed E-state index contributed by atoms with van der Waals surface area (Å²) in [6, 6.07) is 16.8. The lowest BCUT2D eigenvalue weighted by Crippen LogP contribution is -2.33. The maximum absolute atomic E-state index is 13.6. The molecule has 2 aromatic carbocycles. The standard InChI is InChI=1S/C25H25N3O4S2/c1-15(29)28-13-12-19-20(14-28)34-24(21(19)25(31)32-2)27-23(30)22(16-6-4-3-5-7-16)33-18-10-8-17(26)9-11-18/h3-11,22H,12-14,26H2,1-2H3,(H,27,30). The summed E-state index contributed by atoms with van der Waals surface area (Å²) in [4.78, 5) is 41.6. The highest BCUT2D eigenvalue weighted by Gasteiger charge is 2.31. The second-order valence-corrected chi connectivity index (χ2v) is 10.1. The molecule has 2 amide bonds. The molecule has 176 valence electrons. The number of carbonyl (C=O) groups is 3. The Hall–Kier alpha value is -3.30. The monoisotopic (exact) mass is 495 g/mol. The number of nitrogens with one attached hydrogen (secondary N) is 1. The van der Waals surface area contributed by atoms with Crippen molar-refractivity contribution in [3.63, 3.8) is 0 Å². The number of benzene rings is 2. The smallest absolute Gasteiger partial charge is 0.341 e. The van der Waals surface area contributed by atoms with Crippen LogP contribution in [-0.4, -0.2) is 36.3 Å². The summed E-state index contributed by atoms with van der Waals surface area (Å²) >= 11 is 2.73. The van der Waals surface area contributed by atoms with Crippen LogP contribution in [0, 0.1) is 0 Å². The van der Waals surface area contributed by atoms with Gasteiger partial charge in [-0.15, -0.1) is 23.1 Å². The van der Waals surface area contributed by atoms with E-state index in [9.17, 15) is 14.4 Å². The van der Waals surface area contributed by atoms with E-state index < -0.39 is 11.2 Å². The van der Waals surface area contributed by atoms with Crippen LogP contribution < -0.4 is 11.1 Å². The molecule has 1 unspecified atom stereocenters. The van der Waals surface area contributed by atoms with Crippen LogP contribution in [0.2, 0.25) is 0 Å².